The van der Waals surface area contributed by atoms with Crippen molar-refractivity contribution < 1.29 is 13.5 Å². The van der Waals surface area contributed by atoms with Crippen LogP contribution in [0.4, 0.5) is 8.78 Å². The molecule has 0 aliphatic heterocycles. The van der Waals surface area contributed by atoms with Gasteiger partial charge in [-0.2, -0.15) is 5.10 Å². The molecule has 4 rings (SSSR count). The van der Waals surface area contributed by atoms with Crippen molar-refractivity contribution in [3.05, 3.63) is 45.5 Å². The van der Waals surface area contributed by atoms with Crippen LogP contribution in [0.5, 0.6) is 5.75 Å². The highest BCUT2D eigenvalue weighted by Gasteiger charge is 2.47. The normalized spacial score (nSPS) is 14.8. The molecule has 1 saturated carbocycles. The summed E-state index contributed by atoms with van der Waals surface area (Å²) >= 11 is 0. The fourth-order valence-electron chi connectivity index (χ4n) is 2.52. The monoisotopic (exact) mass is 349 g/mol. The van der Waals surface area contributed by atoms with Crippen molar-refractivity contribution in [1.29, 1.82) is 0 Å². The van der Waals surface area contributed by atoms with E-state index in [1.54, 1.807) is 0 Å². The second-order valence-corrected chi connectivity index (χ2v) is 5.90. The summed E-state index contributed by atoms with van der Waals surface area (Å²) in [5.41, 5.74) is -0.805. The average molecular weight is 349 g/mol. The van der Waals surface area contributed by atoms with Crippen molar-refractivity contribution in [2.45, 2.75) is 18.8 Å². The molecule has 1 aliphatic rings. The molecule has 0 radical (unpaired) electrons. The maximum Gasteiger partial charge on any atom is 0.325 e. The highest BCUT2D eigenvalue weighted by atomic mass is 19.3. The number of hydrogen-bond acceptors (Lipinski definition) is 5. The molecule has 10 heteroatoms. The minimum absolute atomic E-state index is 0.0778. The van der Waals surface area contributed by atoms with Crippen LogP contribution >= 0.6 is 0 Å². The number of nitrogens with zero attached hydrogens (tertiary/aromatic N) is 3. The Kier molecular flexibility index (Phi) is 3.41. The zero-order valence-electron chi connectivity index (χ0n) is 12.8. The summed E-state index contributed by atoms with van der Waals surface area (Å²) in [7, 11) is 0. The molecule has 0 spiro atoms. The number of hydrogen-bond donors (Lipinski definition) is 2. The SMILES string of the molecule is O=c1[nH]cc(-c2cc(OCC(F)(F)C3CC3)c3nccn3n2)c(=O)[nH]1. The fourth-order valence-corrected chi connectivity index (χ4v) is 2.52. The molecule has 0 atom stereocenters. The Labute approximate surface area is 138 Å². The highest BCUT2D eigenvalue weighted by Crippen LogP contribution is 2.43. The van der Waals surface area contributed by atoms with Crippen LogP contribution in [0.15, 0.2) is 34.2 Å². The van der Waals surface area contributed by atoms with Gasteiger partial charge in [0.15, 0.2) is 18.0 Å². The van der Waals surface area contributed by atoms with Crippen LogP contribution in [0, 0.1) is 5.92 Å². The van der Waals surface area contributed by atoms with Crippen LogP contribution in [-0.2, 0) is 0 Å². The number of imidazole rings is 1. The average Bonchev–Trinajstić information content (AvgIpc) is 3.32. The predicted molar refractivity (Wildman–Crippen MR) is 82.8 cm³/mol. The van der Waals surface area contributed by atoms with Crippen molar-refractivity contribution in [3.8, 4) is 17.0 Å². The van der Waals surface area contributed by atoms with E-state index in [2.05, 4.69) is 20.1 Å². The zero-order valence-corrected chi connectivity index (χ0v) is 12.8. The summed E-state index contributed by atoms with van der Waals surface area (Å²) in [5, 5.41) is 4.19. The molecule has 3 aromatic heterocycles. The molecule has 0 bridgehead atoms. The van der Waals surface area contributed by atoms with Gasteiger partial charge in [-0.05, 0) is 12.8 Å². The number of aromatic nitrogens is 5. The molecule has 1 aliphatic carbocycles. The Morgan fingerprint density at radius 2 is 2.16 bits per heavy atom. The maximum absolute atomic E-state index is 13.9. The molecule has 3 heterocycles. The Morgan fingerprint density at radius 1 is 1.36 bits per heavy atom. The highest BCUT2D eigenvalue weighted by molar-refractivity contribution is 5.64. The van der Waals surface area contributed by atoms with Crippen LogP contribution in [0.2, 0.25) is 0 Å². The standard InChI is InChI=1S/C15H13F2N5O3/c16-15(17,8-1-2-8)7-25-11-5-10(21-22-4-3-18-12(11)22)9-6-19-14(24)20-13(9)23/h3-6,8H,1-2,7H2,(H2,19,20,23,24). The van der Waals surface area contributed by atoms with E-state index in [1.807, 2.05) is 0 Å². The summed E-state index contributed by atoms with van der Waals surface area (Å²) in [4.78, 5) is 31.5. The second-order valence-electron chi connectivity index (χ2n) is 5.90. The van der Waals surface area contributed by atoms with Crippen molar-refractivity contribution >= 4 is 5.65 Å². The van der Waals surface area contributed by atoms with E-state index in [-0.39, 0.29) is 22.7 Å². The number of H-pyrrole nitrogens is 2. The van der Waals surface area contributed by atoms with Crippen molar-refractivity contribution in [2.24, 2.45) is 5.92 Å². The van der Waals surface area contributed by atoms with E-state index in [0.29, 0.717) is 12.8 Å². The zero-order chi connectivity index (χ0) is 17.6. The largest absolute Gasteiger partial charge is 0.483 e. The minimum Gasteiger partial charge on any atom is -0.483 e. The quantitative estimate of drug-likeness (QED) is 0.720. The first-order chi connectivity index (χ1) is 11.9. The van der Waals surface area contributed by atoms with Gasteiger partial charge in [0, 0.05) is 30.6 Å². The van der Waals surface area contributed by atoms with Gasteiger partial charge in [-0.1, -0.05) is 0 Å². The van der Waals surface area contributed by atoms with Crippen molar-refractivity contribution in [3.63, 3.8) is 0 Å². The lowest BCUT2D eigenvalue weighted by Crippen LogP contribution is -2.28. The van der Waals surface area contributed by atoms with Gasteiger partial charge in [-0.25, -0.2) is 23.1 Å². The summed E-state index contributed by atoms with van der Waals surface area (Å²) < 4.78 is 34.4. The van der Waals surface area contributed by atoms with E-state index in [0.717, 1.165) is 0 Å². The van der Waals surface area contributed by atoms with E-state index in [9.17, 15) is 18.4 Å². The first-order valence-electron chi connectivity index (χ1n) is 7.61. The van der Waals surface area contributed by atoms with Crippen LogP contribution in [0.3, 0.4) is 0 Å². The third kappa shape index (κ3) is 2.90. The van der Waals surface area contributed by atoms with E-state index in [4.69, 9.17) is 4.74 Å². The first kappa shape index (κ1) is 15.5. The van der Waals surface area contributed by atoms with Gasteiger partial charge in [0.25, 0.3) is 11.5 Å². The number of halogens is 2. The molecule has 0 amide bonds. The Morgan fingerprint density at radius 3 is 2.88 bits per heavy atom. The van der Waals surface area contributed by atoms with E-state index in [1.165, 1.54) is 29.2 Å². The molecule has 0 unspecified atom stereocenters. The Hall–Kier alpha value is -3.04. The number of rotatable bonds is 5. The minimum atomic E-state index is -2.91. The van der Waals surface area contributed by atoms with Gasteiger partial charge >= 0.3 is 5.69 Å². The van der Waals surface area contributed by atoms with Crippen LogP contribution in [-0.4, -0.2) is 37.1 Å². The molecule has 130 valence electrons. The van der Waals surface area contributed by atoms with Crippen molar-refractivity contribution in [1.82, 2.24) is 24.6 Å². The number of ether oxygens (including phenoxy) is 1. The van der Waals surface area contributed by atoms with Gasteiger partial charge in [-0.15, -0.1) is 0 Å². The predicted octanol–water partition coefficient (Wildman–Crippen LogP) is 1.20. The third-order valence-corrected chi connectivity index (χ3v) is 4.02. The number of fused-ring (bicyclic) bond motifs is 1. The summed E-state index contributed by atoms with van der Waals surface area (Å²) in [6, 6.07) is 1.36. The lowest BCUT2D eigenvalue weighted by atomic mass is 10.2. The lowest BCUT2D eigenvalue weighted by molar-refractivity contribution is -0.0600. The summed E-state index contributed by atoms with van der Waals surface area (Å²) in [5.74, 6) is -3.48. The van der Waals surface area contributed by atoms with E-state index >= 15 is 0 Å². The fraction of sp³-hybridized carbons (Fsp3) is 0.333. The van der Waals surface area contributed by atoms with Gasteiger partial charge in [0.1, 0.15) is 5.69 Å². The van der Waals surface area contributed by atoms with Crippen molar-refractivity contribution in [2.75, 3.05) is 6.61 Å². The van der Waals surface area contributed by atoms with Crippen LogP contribution < -0.4 is 16.0 Å². The maximum atomic E-state index is 13.9. The molecule has 2 N–H and O–H groups in total. The Balaban J connectivity index is 1.74. The summed E-state index contributed by atoms with van der Waals surface area (Å²) in [6.45, 7) is -0.772. The number of aromatic amines is 2. The van der Waals surface area contributed by atoms with Gasteiger partial charge in [0.05, 0.1) is 5.56 Å². The molecule has 0 saturated heterocycles. The molecule has 25 heavy (non-hydrogen) atoms. The molecular formula is C15H13F2N5O3. The smallest absolute Gasteiger partial charge is 0.325 e. The lowest BCUT2D eigenvalue weighted by Gasteiger charge is -2.17. The van der Waals surface area contributed by atoms with Gasteiger partial charge in [0.2, 0.25) is 0 Å². The third-order valence-electron chi connectivity index (χ3n) is 4.02. The van der Waals surface area contributed by atoms with Crippen LogP contribution in [0.25, 0.3) is 16.9 Å². The first-order valence-corrected chi connectivity index (χ1v) is 7.61. The molecule has 8 nitrogen and oxygen atoms in total. The molecule has 1 fully saturated rings. The number of nitrogens with one attached hydrogen (secondary N) is 2. The molecule has 0 aromatic carbocycles. The molecular weight excluding hydrogens is 336 g/mol. The van der Waals surface area contributed by atoms with Gasteiger partial charge in [-0.3, -0.25) is 9.78 Å². The topological polar surface area (TPSA) is 105 Å². The second kappa shape index (κ2) is 5.50. The molecule has 3 aromatic rings. The van der Waals surface area contributed by atoms with E-state index < -0.39 is 29.7 Å². The number of alkyl halides is 2. The Bertz CT molecular complexity index is 1050. The van der Waals surface area contributed by atoms with Gasteiger partial charge < -0.3 is 9.72 Å². The summed E-state index contributed by atoms with van der Waals surface area (Å²) in [6.07, 6.45) is 5.13. The van der Waals surface area contributed by atoms with Crippen LogP contribution in [0.1, 0.15) is 12.8 Å².